The van der Waals surface area contributed by atoms with E-state index in [1.165, 1.54) is 12.6 Å². The molecule has 1 aliphatic heterocycles. The third-order valence-corrected chi connectivity index (χ3v) is 3.11. The first-order chi connectivity index (χ1) is 8.83. The molecule has 3 rings (SSSR count). The summed E-state index contributed by atoms with van der Waals surface area (Å²) in [5.74, 6) is 0.161. The van der Waals surface area contributed by atoms with Crippen LogP contribution in [0.5, 0.6) is 5.75 Å². The van der Waals surface area contributed by atoms with Gasteiger partial charge in [0.25, 0.3) is 0 Å². The average molecular weight is 245 g/mol. The number of hydrogen-bond acceptors (Lipinski definition) is 4. The molecule has 94 valence electrons. The second kappa shape index (κ2) is 4.78. The van der Waals surface area contributed by atoms with Crippen molar-refractivity contribution in [1.82, 2.24) is 14.8 Å². The molecule has 1 aliphatic rings. The highest BCUT2D eigenvalue weighted by atomic mass is 16.5. The summed E-state index contributed by atoms with van der Waals surface area (Å²) in [4.78, 5) is 3.96. The van der Waals surface area contributed by atoms with E-state index in [-0.39, 0.29) is 12.0 Å². The normalized spacial score (nSPS) is 19.9. The van der Waals surface area contributed by atoms with Crippen LogP contribution in [-0.4, -0.2) is 26.5 Å². The van der Waals surface area contributed by atoms with Gasteiger partial charge in [-0.2, -0.15) is 5.10 Å². The van der Waals surface area contributed by atoms with Gasteiger partial charge in [0.2, 0.25) is 0 Å². The Bertz CT molecular complexity index is 533. The van der Waals surface area contributed by atoms with E-state index in [9.17, 15) is 5.11 Å². The highest BCUT2D eigenvalue weighted by Gasteiger charge is 2.16. The minimum absolute atomic E-state index is 0.0396. The third kappa shape index (κ3) is 2.22. The van der Waals surface area contributed by atoms with Crippen molar-refractivity contribution >= 4 is 0 Å². The molecule has 0 spiro atoms. The molecule has 3 heterocycles. The van der Waals surface area contributed by atoms with E-state index < -0.39 is 0 Å². The molecule has 1 atom stereocenters. The van der Waals surface area contributed by atoms with E-state index in [1.807, 2.05) is 10.9 Å². The third-order valence-electron chi connectivity index (χ3n) is 3.11. The molecule has 1 unspecified atom stereocenters. The van der Waals surface area contributed by atoms with E-state index >= 15 is 0 Å². The van der Waals surface area contributed by atoms with Gasteiger partial charge in [0, 0.05) is 30.1 Å². The Morgan fingerprint density at radius 2 is 2.17 bits per heavy atom. The Hall–Kier alpha value is -1.88. The molecule has 0 saturated carbocycles. The second-order valence-corrected chi connectivity index (χ2v) is 4.46. The first kappa shape index (κ1) is 11.2. The molecule has 1 N–H and O–H groups in total. The molecule has 5 nitrogen and oxygen atoms in total. The largest absolute Gasteiger partial charge is 0.506 e. The molecule has 1 fully saturated rings. The van der Waals surface area contributed by atoms with Gasteiger partial charge in [-0.1, -0.05) is 0 Å². The number of aromatic hydroxyl groups is 1. The quantitative estimate of drug-likeness (QED) is 0.882. The van der Waals surface area contributed by atoms with Crippen molar-refractivity contribution < 1.29 is 9.84 Å². The first-order valence-corrected chi connectivity index (χ1v) is 6.13. The Morgan fingerprint density at radius 3 is 2.94 bits per heavy atom. The Labute approximate surface area is 105 Å². The summed E-state index contributed by atoms with van der Waals surface area (Å²) < 4.78 is 7.52. The van der Waals surface area contributed by atoms with Crippen LogP contribution in [0.3, 0.4) is 0 Å². The van der Waals surface area contributed by atoms with E-state index in [0.717, 1.165) is 30.6 Å². The van der Waals surface area contributed by atoms with E-state index in [4.69, 9.17) is 4.74 Å². The van der Waals surface area contributed by atoms with Crippen molar-refractivity contribution in [3.05, 3.63) is 30.9 Å². The number of aromatic nitrogens is 3. The number of ether oxygens (including phenoxy) is 1. The fraction of sp³-hybridized carbons (Fsp3) is 0.385. The molecule has 0 aliphatic carbocycles. The molecule has 18 heavy (non-hydrogen) atoms. The Balaban J connectivity index is 1.84. The Morgan fingerprint density at radius 1 is 1.22 bits per heavy atom. The topological polar surface area (TPSA) is 60.2 Å². The van der Waals surface area contributed by atoms with Crippen molar-refractivity contribution in [3.8, 4) is 16.9 Å². The summed E-state index contributed by atoms with van der Waals surface area (Å²) in [6, 6.07) is 1.68. The van der Waals surface area contributed by atoms with Crippen LogP contribution in [-0.2, 0) is 4.74 Å². The van der Waals surface area contributed by atoms with Gasteiger partial charge in [0.05, 0.1) is 12.4 Å². The lowest BCUT2D eigenvalue weighted by Gasteiger charge is -2.22. The number of rotatable bonds is 2. The lowest BCUT2D eigenvalue weighted by Crippen LogP contribution is -2.18. The smallest absolute Gasteiger partial charge is 0.150 e. The predicted octanol–water partition coefficient (Wildman–Crippen LogP) is 2.35. The molecule has 2 aromatic rings. The molecule has 2 aromatic heterocycles. The maximum atomic E-state index is 9.42. The highest BCUT2D eigenvalue weighted by Crippen LogP contribution is 2.26. The van der Waals surface area contributed by atoms with Crippen LogP contribution in [0, 0.1) is 0 Å². The molecule has 5 heteroatoms. The van der Waals surface area contributed by atoms with Gasteiger partial charge in [-0.3, -0.25) is 4.98 Å². The highest BCUT2D eigenvalue weighted by molar-refractivity contribution is 5.61. The van der Waals surface area contributed by atoms with Gasteiger partial charge in [0.15, 0.2) is 0 Å². The molecule has 0 bridgehead atoms. The van der Waals surface area contributed by atoms with Crippen molar-refractivity contribution in [1.29, 1.82) is 0 Å². The maximum Gasteiger partial charge on any atom is 0.150 e. The number of hydrogen-bond donors (Lipinski definition) is 1. The maximum absolute atomic E-state index is 9.42. The summed E-state index contributed by atoms with van der Waals surface area (Å²) in [6.45, 7) is 0.799. The fourth-order valence-electron chi connectivity index (χ4n) is 2.16. The second-order valence-electron chi connectivity index (χ2n) is 4.46. The standard InChI is InChI=1S/C13H15N3O2/c17-12-5-10(6-14-8-12)11-7-15-16(9-11)13-3-1-2-4-18-13/h5-9,13,17H,1-4H2. The summed E-state index contributed by atoms with van der Waals surface area (Å²) in [7, 11) is 0. The fourth-order valence-corrected chi connectivity index (χ4v) is 2.16. The average Bonchev–Trinajstić information content (AvgIpc) is 2.89. The van der Waals surface area contributed by atoms with Crippen molar-refractivity contribution in [3.63, 3.8) is 0 Å². The van der Waals surface area contributed by atoms with Crippen molar-refractivity contribution in [2.24, 2.45) is 0 Å². The minimum atomic E-state index is 0.0396. The van der Waals surface area contributed by atoms with Crippen LogP contribution >= 0.6 is 0 Å². The first-order valence-electron chi connectivity index (χ1n) is 6.13. The van der Waals surface area contributed by atoms with Crippen LogP contribution in [0.25, 0.3) is 11.1 Å². The predicted molar refractivity (Wildman–Crippen MR) is 66.0 cm³/mol. The molecule has 0 radical (unpaired) electrons. The molecule has 0 aromatic carbocycles. The van der Waals surface area contributed by atoms with Crippen LogP contribution in [0.2, 0.25) is 0 Å². The van der Waals surface area contributed by atoms with Gasteiger partial charge in [0.1, 0.15) is 12.0 Å². The van der Waals surface area contributed by atoms with Crippen LogP contribution in [0.1, 0.15) is 25.5 Å². The lowest BCUT2D eigenvalue weighted by atomic mass is 10.1. The van der Waals surface area contributed by atoms with Crippen molar-refractivity contribution in [2.75, 3.05) is 6.61 Å². The zero-order valence-corrected chi connectivity index (χ0v) is 9.99. The van der Waals surface area contributed by atoms with Gasteiger partial charge in [-0.05, 0) is 25.3 Å². The van der Waals surface area contributed by atoms with Crippen LogP contribution in [0.4, 0.5) is 0 Å². The molecule has 1 saturated heterocycles. The minimum Gasteiger partial charge on any atom is -0.506 e. The van der Waals surface area contributed by atoms with Gasteiger partial charge < -0.3 is 9.84 Å². The van der Waals surface area contributed by atoms with Crippen LogP contribution in [0.15, 0.2) is 30.9 Å². The zero-order chi connectivity index (χ0) is 12.4. The van der Waals surface area contributed by atoms with Crippen LogP contribution < -0.4 is 0 Å². The zero-order valence-electron chi connectivity index (χ0n) is 9.99. The summed E-state index contributed by atoms with van der Waals surface area (Å²) in [5.41, 5.74) is 1.80. The van der Waals surface area contributed by atoms with E-state index in [2.05, 4.69) is 10.1 Å². The number of pyridine rings is 1. The van der Waals surface area contributed by atoms with Gasteiger partial charge in [-0.25, -0.2) is 4.68 Å². The summed E-state index contributed by atoms with van der Waals surface area (Å²) in [6.07, 6.45) is 10.2. The number of nitrogens with zero attached hydrogens (tertiary/aromatic N) is 3. The molecular weight excluding hydrogens is 230 g/mol. The van der Waals surface area contributed by atoms with Crippen molar-refractivity contribution in [2.45, 2.75) is 25.5 Å². The monoisotopic (exact) mass is 245 g/mol. The lowest BCUT2D eigenvalue weighted by molar-refractivity contribution is -0.0394. The molecule has 0 amide bonds. The summed E-state index contributed by atoms with van der Waals surface area (Å²) in [5, 5.41) is 13.7. The van der Waals surface area contributed by atoms with E-state index in [1.54, 1.807) is 18.5 Å². The van der Waals surface area contributed by atoms with Gasteiger partial charge in [-0.15, -0.1) is 0 Å². The summed E-state index contributed by atoms with van der Waals surface area (Å²) >= 11 is 0. The molecular formula is C13H15N3O2. The van der Waals surface area contributed by atoms with E-state index in [0.29, 0.717) is 0 Å². The Kier molecular flexibility index (Phi) is 2.98. The van der Waals surface area contributed by atoms with Gasteiger partial charge >= 0.3 is 0 Å². The SMILES string of the molecule is Oc1cncc(-c2cnn(C3CCCCO3)c2)c1.